The number of carbonyl (C=O) groups is 2. The standard InChI is InChI=1S/C21H20Cl2N2O2S/c1-12-4-2-3-5-15(12)20(27)25-18(19(26)24-14-7-8-14)11-28-21(25)13-6-9-16(22)17(23)10-13/h2-6,9-10,14,18,21H,7-8,11H2,1H3,(H,24,26). The highest BCUT2D eigenvalue weighted by atomic mass is 35.5. The van der Waals surface area contributed by atoms with Gasteiger partial charge in [-0.05, 0) is 49.1 Å². The molecule has 4 nitrogen and oxygen atoms in total. The maximum Gasteiger partial charge on any atom is 0.256 e. The van der Waals surface area contributed by atoms with Gasteiger partial charge in [0.25, 0.3) is 5.91 Å². The molecule has 1 saturated heterocycles. The average Bonchev–Trinajstić information content (AvgIpc) is 3.38. The molecule has 1 aliphatic carbocycles. The number of hydrogen-bond acceptors (Lipinski definition) is 3. The lowest BCUT2D eigenvalue weighted by atomic mass is 10.1. The second-order valence-electron chi connectivity index (χ2n) is 7.19. The molecule has 1 N–H and O–H groups in total. The van der Waals surface area contributed by atoms with Gasteiger partial charge in [0.1, 0.15) is 11.4 Å². The Kier molecular flexibility index (Phi) is 5.59. The molecular formula is C21H20Cl2N2O2S. The zero-order valence-electron chi connectivity index (χ0n) is 15.3. The van der Waals surface area contributed by atoms with Crippen molar-refractivity contribution in [2.45, 2.75) is 37.2 Å². The van der Waals surface area contributed by atoms with E-state index < -0.39 is 6.04 Å². The van der Waals surface area contributed by atoms with Gasteiger partial charge >= 0.3 is 0 Å². The second-order valence-corrected chi connectivity index (χ2v) is 9.11. The van der Waals surface area contributed by atoms with Crippen LogP contribution in [0.2, 0.25) is 10.0 Å². The number of rotatable bonds is 4. The van der Waals surface area contributed by atoms with Crippen LogP contribution < -0.4 is 5.32 Å². The smallest absolute Gasteiger partial charge is 0.256 e. The van der Waals surface area contributed by atoms with Crippen molar-refractivity contribution < 1.29 is 9.59 Å². The largest absolute Gasteiger partial charge is 0.352 e. The van der Waals surface area contributed by atoms with Crippen LogP contribution in [0.5, 0.6) is 0 Å². The van der Waals surface area contributed by atoms with Crippen LogP contribution in [0, 0.1) is 6.92 Å². The molecule has 2 aliphatic rings. The topological polar surface area (TPSA) is 49.4 Å². The predicted octanol–water partition coefficient (Wildman–Crippen LogP) is 4.84. The molecule has 2 amide bonds. The Balaban J connectivity index is 1.70. The molecule has 2 aromatic carbocycles. The number of nitrogens with zero attached hydrogens (tertiary/aromatic N) is 1. The predicted molar refractivity (Wildman–Crippen MR) is 114 cm³/mol. The van der Waals surface area contributed by atoms with Crippen LogP contribution in [0.3, 0.4) is 0 Å². The molecule has 0 bridgehead atoms. The van der Waals surface area contributed by atoms with E-state index in [9.17, 15) is 9.59 Å². The third-order valence-electron chi connectivity index (χ3n) is 5.07. The minimum absolute atomic E-state index is 0.0838. The van der Waals surface area contributed by atoms with E-state index in [1.54, 1.807) is 28.8 Å². The van der Waals surface area contributed by atoms with E-state index in [2.05, 4.69) is 5.32 Å². The molecule has 2 aromatic rings. The van der Waals surface area contributed by atoms with Gasteiger partial charge in [0.2, 0.25) is 5.91 Å². The quantitative estimate of drug-likeness (QED) is 0.748. The number of thioether (sulfide) groups is 1. The fourth-order valence-electron chi connectivity index (χ4n) is 3.36. The van der Waals surface area contributed by atoms with E-state index in [4.69, 9.17) is 23.2 Å². The number of nitrogens with one attached hydrogen (secondary N) is 1. The van der Waals surface area contributed by atoms with Crippen molar-refractivity contribution in [3.63, 3.8) is 0 Å². The molecular weight excluding hydrogens is 415 g/mol. The third kappa shape index (κ3) is 3.88. The molecule has 4 rings (SSSR count). The number of halogens is 2. The first-order valence-electron chi connectivity index (χ1n) is 9.21. The summed E-state index contributed by atoms with van der Waals surface area (Å²) in [7, 11) is 0. The van der Waals surface area contributed by atoms with Gasteiger partial charge in [-0.25, -0.2) is 0 Å². The fraction of sp³-hybridized carbons (Fsp3) is 0.333. The molecule has 1 saturated carbocycles. The molecule has 2 unspecified atom stereocenters. The summed E-state index contributed by atoms with van der Waals surface area (Å²) in [5.74, 6) is 0.316. The van der Waals surface area contributed by atoms with Crippen molar-refractivity contribution in [1.29, 1.82) is 0 Å². The minimum atomic E-state index is -0.517. The molecule has 0 aromatic heterocycles. The Bertz CT molecular complexity index is 932. The molecule has 7 heteroatoms. The number of hydrogen-bond donors (Lipinski definition) is 1. The van der Waals surface area contributed by atoms with Gasteiger partial charge < -0.3 is 10.2 Å². The zero-order chi connectivity index (χ0) is 19.8. The van der Waals surface area contributed by atoms with Gasteiger partial charge in [-0.2, -0.15) is 0 Å². The molecule has 28 heavy (non-hydrogen) atoms. The van der Waals surface area contributed by atoms with E-state index in [1.807, 2.05) is 37.3 Å². The van der Waals surface area contributed by atoms with Crippen LogP contribution in [0.4, 0.5) is 0 Å². The highest BCUT2D eigenvalue weighted by molar-refractivity contribution is 7.99. The summed E-state index contributed by atoms with van der Waals surface area (Å²) >= 11 is 13.9. The summed E-state index contributed by atoms with van der Waals surface area (Å²) in [6.07, 6.45) is 2.02. The van der Waals surface area contributed by atoms with Gasteiger partial charge in [0.15, 0.2) is 0 Å². The summed E-state index contributed by atoms with van der Waals surface area (Å²) in [5.41, 5.74) is 2.36. The normalized spacial score (nSPS) is 21.6. The number of amides is 2. The van der Waals surface area contributed by atoms with Crippen molar-refractivity contribution >= 4 is 46.8 Å². The average molecular weight is 435 g/mol. The van der Waals surface area contributed by atoms with E-state index in [-0.39, 0.29) is 23.2 Å². The van der Waals surface area contributed by atoms with Gasteiger partial charge in [-0.15, -0.1) is 11.8 Å². The molecule has 1 heterocycles. The van der Waals surface area contributed by atoms with Crippen LogP contribution in [0.1, 0.15) is 39.7 Å². The SMILES string of the molecule is Cc1ccccc1C(=O)N1C(C(=O)NC2CC2)CSC1c1ccc(Cl)c(Cl)c1. The first-order valence-corrected chi connectivity index (χ1v) is 11.0. The lowest BCUT2D eigenvalue weighted by Crippen LogP contribution is -2.48. The Morgan fingerprint density at radius 2 is 1.86 bits per heavy atom. The minimum Gasteiger partial charge on any atom is -0.352 e. The van der Waals surface area contributed by atoms with Crippen molar-refractivity contribution in [2.75, 3.05) is 5.75 Å². The van der Waals surface area contributed by atoms with E-state index in [0.29, 0.717) is 21.4 Å². The number of aryl methyl sites for hydroxylation is 1. The summed E-state index contributed by atoms with van der Waals surface area (Å²) in [5, 5.41) is 3.66. The van der Waals surface area contributed by atoms with E-state index >= 15 is 0 Å². The van der Waals surface area contributed by atoms with Crippen LogP contribution in [0.15, 0.2) is 42.5 Å². The first-order chi connectivity index (χ1) is 13.5. The molecule has 2 atom stereocenters. The lowest BCUT2D eigenvalue weighted by molar-refractivity contribution is -0.125. The summed E-state index contributed by atoms with van der Waals surface area (Å²) in [4.78, 5) is 28.1. The van der Waals surface area contributed by atoms with Gasteiger partial charge in [-0.1, -0.05) is 47.5 Å². The molecule has 146 valence electrons. The Morgan fingerprint density at radius 1 is 1.11 bits per heavy atom. The van der Waals surface area contributed by atoms with Gasteiger partial charge in [0, 0.05) is 17.4 Å². The van der Waals surface area contributed by atoms with Crippen molar-refractivity contribution in [2.24, 2.45) is 0 Å². The monoisotopic (exact) mass is 434 g/mol. The highest BCUT2D eigenvalue weighted by Crippen LogP contribution is 2.44. The van der Waals surface area contributed by atoms with Crippen LogP contribution in [0.25, 0.3) is 0 Å². The van der Waals surface area contributed by atoms with Crippen LogP contribution >= 0.6 is 35.0 Å². The maximum atomic E-state index is 13.5. The molecule has 0 spiro atoms. The maximum absolute atomic E-state index is 13.5. The number of carbonyl (C=O) groups excluding carboxylic acids is 2. The molecule has 0 radical (unpaired) electrons. The van der Waals surface area contributed by atoms with Crippen molar-refractivity contribution in [1.82, 2.24) is 10.2 Å². The zero-order valence-corrected chi connectivity index (χ0v) is 17.7. The summed E-state index contributed by atoms with van der Waals surface area (Å²) < 4.78 is 0. The lowest BCUT2D eigenvalue weighted by Gasteiger charge is -2.30. The first kappa shape index (κ1) is 19.6. The van der Waals surface area contributed by atoms with E-state index in [0.717, 1.165) is 24.0 Å². The fourth-order valence-corrected chi connectivity index (χ4v) is 5.08. The Labute approximate surface area is 178 Å². The number of benzene rings is 2. The molecule has 2 fully saturated rings. The highest BCUT2D eigenvalue weighted by Gasteiger charge is 2.44. The summed E-state index contributed by atoms with van der Waals surface area (Å²) in [6, 6.07) is 12.6. The van der Waals surface area contributed by atoms with E-state index in [1.165, 1.54) is 0 Å². The summed E-state index contributed by atoms with van der Waals surface area (Å²) in [6.45, 7) is 1.91. The van der Waals surface area contributed by atoms with Crippen molar-refractivity contribution in [3.8, 4) is 0 Å². The second kappa shape index (κ2) is 7.97. The molecule has 1 aliphatic heterocycles. The van der Waals surface area contributed by atoms with Crippen molar-refractivity contribution in [3.05, 3.63) is 69.2 Å². The van der Waals surface area contributed by atoms with Crippen LogP contribution in [-0.2, 0) is 4.79 Å². The van der Waals surface area contributed by atoms with Gasteiger partial charge in [0.05, 0.1) is 10.0 Å². The van der Waals surface area contributed by atoms with Gasteiger partial charge in [-0.3, -0.25) is 9.59 Å². The Hall–Kier alpha value is -1.69. The van der Waals surface area contributed by atoms with Crippen LogP contribution in [-0.4, -0.2) is 34.6 Å². The Morgan fingerprint density at radius 3 is 2.54 bits per heavy atom. The third-order valence-corrected chi connectivity index (χ3v) is 7.13.